The van der Waals surface area contributed by atoms with Gasteiger partial charge < -0.3 is 5.32 Å². The van der Waals surface area contributed by atoms with E-state index >= 15 is 0 Å². The number of rotatable bonds is 3. The second-order valence-corrected chi connectivity index (χ2v) is 5.54. The highest BCUT2D eigenvalue weighted by Gasteiger charge is 2.26. The highest BCUT2D eigenvalue weighted by molar-refractivity contribution is 9.10. The zero-order chi connectivity index (χ0) is 9.97. The van der Waals surface area contributed by atoms with Crippen LogP contribution in [-0.2, 0) is 0 Å². The summed E-state index contributed by atoms with van der Waals surface area (Å²) in [6.07, 6.45) is 3.98. The summed E-state index contributed by atoms with van der Waals surface area (Å²) < 4.78 is 1.31. The van der Waals surface area contributed by atoms with Gasteiger partial charge in [0.05, 0.1) is 0 Å². The van der Waals surface area contributed by atoms with Crippen molar-refractivity contribution in [3.63, 3.8) is 0 Å². The molecule has 0 radical (unpaired) electrons. The predicted octanol–water partition coefficient (Wildman–Crippen LogP) is 3.76. The van der Waals surface area contributed by atoms with Crippen LogP contribution in [0.25, 0.3) is 0 Å². The molecule has 0 saturated heterocycles. The van der Waals surface area contributed by atoms with E-state index in [4.69, 9.17) is 0 Å². The van der Waals surface area contributed by atoms with Gasteiger partial charge in [-0.2, -0.15) is 11.3 Å². The van der Waals surface area contributed by atoms with Crippen molar-refractivity contribution in [1.82, 2.24) is 5.32 Å². The lowest BCUT2D eigenvalue weighted by Crippen LogP contribution is -2.25. The topological polar surface area (TPSA) is 12.0 Å². The van der Waals surface area contributed by atoms with Crippen LogP contribution in [0.2, 0.25) is 0 Å². The Kier molecular flexibility index (Phi) is 3.63. The zero-order valence-corrected chi connectivity index (χ0v) is 10.8. The first-order valence-corrected chi connectivity index (χ1v) is 6.99. The molecule has 1 saturated carbocycles. The molecule has 2 unspecified atom stereocenters. The van der Waals surface area contributed by atoms with Crippen LogP contribution in [0.5, 0.6) is 0 Å². The average molecular weight is 274 g/mol. The highest BCUT2D eigenvalue weighted by Crippen LogP contribution is 2.39. The molecule has 1 nitrogen and oxygen atoms in total. The van der Waals surface area contributed by atoms with Crippen LogP contribution in [0, 0.1) is 0 Å². The molecule has 1 aromatic rings. The van der Waals surface area contributed by atoms with Crippen LogP contribution in [0.4, 0.5) is 0 Å². The van der Waals surface area contributed by atoms with Gasteiger partial charge in [-0.15, -0.1) is 0 Å². The van der Waals surface area contributed by atoms with Crippen LogP contribution in [0.3, 0.4) is 0 Å². The Morgan fingerprint density at radius 1 is 1.50 bits per heavy atom. The maximum absolute atomic E-state index is 3.63. The Morgan fingerprint density at radius 2 is 2.36 bits per heavy atom. The van der Waals surface area contributed by atoms with E-state index in [1.54, 1.807) is 11.3 Å². The Hall–Kier alpha value is 0.140. The van der Waals surface area contributed by atoms with E-state index in [0.29, 0.717) is 0 Å². The summed E-state index contributed by atoms with van der Waals surface area (Å²) in [6.45, 7) is 3.29. The quantitative estimate of drug-likeness (QED) is 0.885. The van der Waals surface area contributed by atoms with Crippen molar-refractivity contribution in [3.8, 4) is 0 Å². The first kappa shape index (κ1) is 10.7. The van der Waals surface area contributed by atoms with Gasteiger partial charge in [-0.1, -0.05) is 6.92 Å². The summed E-state index contributed by atoms with van der Waals surface area (Å²) in [4.78, 5) is 0. The van der Waals surface area contributed by atoms with Crippen molar-refractivity contribution in [2.75, 3.05) is 6.54 Å². The third-order valence-corrected chi connectivity index (χ3v) is 4.76. The predicted molar refractivity (Wildman–Crippen MR) is 66.1 cm³/mol. The van der Waals surface area contributed by atoms with Gasteiger partial charge >= 0.3 is 0 Å². The van der Waals surface area contributed by atoms with Gasteiger partial charge in [-0.25, -0.2) is 0 Å². The van der Waals surface area contributed by atoms with Crippen LogP contribution in [0.15, 0.2) is 15.2 Å². The summed E-state index contributed by atoms with van der Waals surface area (Å²) >= 11 is 5.43. The lowest BCUT2D eigenvalue weighted by Gasteiger charge is -2.11. The van der Waals surface area contributed by atoms with E-state index in [1.807, 2.05) is 0 Å². The van der Waals surface area contributed by atoms with E-state index in [9.17, 15) is 0 Å². The van der Waals surface area contributed by atoms with E-state index in [1.165, 1.54) is 29.3 Å². The number of hydrogen-bond donors (Lipinski definition) is 1. The highest BCUT2D eigenvalue weighted by atomic mass is 79.9. The molecule has 1 fully saturated rings. The average Bonchev–Trinajstić information content (AvgIpc) is 2.74. The third-order valence-electron chi connectivity index (χ3n) is 3.01. The molecule has 78 valence electrons. The second-order valence-electron chi connectivity index (χ2n) is 3.94. The van der Waals surface area contributed by atoms with E-state index < -0.39 is 0 Å². The minimum absolute atomic E-state index is 0.747. The number of halogens is 1. The molecule has 2 atom stereocenters. The van der Waals surface area contributed by atoms with Gasteiger partial charge in [0.25, 0.3) is 0 Å². The fourth-order valence-corrected chi connectivity index (χ4v) is 4.02. The number of hydrogen-bond acceptors (Lipinski definition) is 2. The smallest absolute Gasteiger partial charge is 0.0317 e. The molecule has 0 bridgehead atoms. The van der Waals surface area contributed by atoms with E-state index in [0.717, 1.165) is 18.5 Å². The standard InChI is InChI=1S/C11H16BrNS/c1-2-13-9-4-3-8(5-9)10-6-14-7-11(10)12/h6-9,13H,2-5H2,1H3. The summed E-state index contributed by atoms with van der Waals surface area (Å²) in [6, 6.07) is 0.747. The van der Waals surface area contributed by atoms with Gasteiger partial charge in [-0.05, 0) is 58.6 Å². The summed E-state index contributed by atoms with van der Waals surface area (Å²) in [5.74, 6) is 0.777. The van der Waals surface area contributed by atoms with Crippen molar-refractivity contribution >= 4 is 27.3 Å². The lowest BCUT2D eigenvalue weighted by atomic mass is 10.0. The molecule has 1 aromatic heterocycles. The maximum Gasteiger partial charge on any atom is 0.0317 e. The molecule has 0 spiro atoms. The molecule has 0 aliphatic heterocycles. The summed E-state index contributed by atoms with van der Waals surface area (Å²) in [5.41, 5.74) is 1.52. The molecular weight excluding hydrogens is 258 g/mol. The maximum atomic E-state index is 3.63. The molecule has 14 heavy (non-hydrogen) atoms. The molecule has 0 amide bonds. The minimum atomic E-state index is 0.747. The summed E-state index contributed by atoms with van der Waals surface area (Å²) in [7, 11) is 0. The van der Waals surface area contributed by atoms with Crippen molar-refractivity contribution in [1.29, 1.82) is 0 Å². The van der Waals surface area contributed by atoms with Crippen LogP contribution >= 0.6 is 27.3 Å². The van der Waals surface area contributed by atoms with Crippen LogP contribution in [0.1, 0.15) is 37.7 Å². The second kappa shape index (κ2) is 4.77. The van der Waals surface area contributed by atoms with Crippen LogP contribution in [-0.4, -0.2) is 12.6 Å². The van der Waals surface area contributed by atoms with Gasteiger partial charge in [0, 0.05) is 15.9 Å². The monoisotopic (exact) mass is 273 g/mol. The Balaban J connectivity index is 1.99. The Morgan fingerprint density at radius 3 is 3.00 bits per heavy atom. The first-order valence-electron chi connectivity index (χ1n) is 5.26. The first-order chi connectivity index (χ1) is 6.81. The molecule has 3 heteroatoms. The Bertz CT molecular complexity index is 297. The van der Waals surface area contributed by atoms with Crippen molar-refractivity contribution < 1.29 is 0 Å². The molecule has 1 aliphatic rings. The van der Waals surface area contributed by atoms with Crippen molar-refractivity contribution in [3.05, 3.63) is 20.8 Å². The zero-order valence-electron chi connectivity index (χ0n) is 8.42. The fraction of sp³-hybridized carbons (Fsp3) is 0.636. The molecule has 1 aliphatic carbocycles. The normalized spacial score (nSPS) is 27.0. The molecule has 2 rings (SSSR count). The van der Waals surface area contributed by atoms with Crippen LogP contribution < -0.4 is 5.32 Å². The lowest BCUT2D eigenvalue weighted by molar-refractivity contribution is 0.535. The minimum Gasteiger partial charge on any atom is -0.314 e. The Labute approximate surface area is 98.0 Å². The third kappa shape index (κ3) is 2.20. The fourth-order valence-electron chi connectivity index (χ4n) is 2.32. The van der Waals surface area contributed by atoms with Gasteiger partial charge in [-0.3, -0.25) is 0 Å². The molecule has 1 N–H and O–H groups in total. The summed E-state index contributed by atoms with van der Waals surface area (Å²) in [5, 5.41) is 8.03. The molecular formula is C11H16BrNS. The number of thiophene rings is 1. The molecule has 1 heterocycles. The van der Waals surface area contributed by atoms with Gasteiger partial charge in [0.2, 0.25) is 0 Å². The number of nitrogens with one attached hydrogen (secondary N) is 1. The van der Waals surface area contributed by atoms with Crippen molar-refractivity contribution in [2.24, 2.45) is 0 Å². The SMILES string of the molecule is CCNC1CCC(c2cscc2Br)C1. The van der Waals surface area contributed by atoms with Gasteiger partial charge in [0.15, 0.2) is 0 Å². The van der Waals surface area contributed by atoms with Crippen molar-refractivity contribution in [2.45, 2.75) is 38.1 Å². The largest absolute Gasteiger partial charge is 0.314 e. The van der Waals surface area contributed by atoms with E-state index in [2.05, 4.69) is 38.9 Å². The van der Waals surface area contributed by atoms with E-state index in [-0.39, 0.29) is 0 Å². The van der Waals surface area contributed by atoms with Gasteiger partial charge in [0.1, 0.15) is 0 Å². The molecule has 0 aromatic carbocycles.